The van der Waals surface area contributed by atoms with E-state index in [-0.39, 0.29) is 30.1 Å². The van der Waals surface area contributed by atoms with E-state index >= 15 is 0 Å². The highest BCUT2D eigenvalue weighted by atomic mass is 19.4. The Bertz CT molecular complexity index is 1040. The molecule has 2 aromatic rings. The number of amides is 2. The minimum absolute atomic E-state index is 0.0653. The number of carbonyl (C=O) groups excluding carboxylic acids is 3. The Labute approximate surface area is 181 Å². The smallest absolute Gasteiger partial charge is 0.416 e. The molecule has 0 spiro atoms. The normalized spacial score (nSPS) is 14.3. The van der Waals surface area contributed by atoms with Crippen LogP contribution in [0.25, 0.3) is 0 Å². The number of ether oxygens (including phenoxy) is 1. The lowest BCUT2D eigenvalue weighted by Gasteiger charge is -2.31. The summed E-state index contributed by atoms with van der Waals surface area (Å²) in [5.41, 5.74) is -0.546. The first kappa shape index (κ1) is 23.1. The third kappa shape index (κ3) is 4.99. The molecule has 170 valence electrons. The molecule has 8 nitrogen and oxygen atoms in total. The van der Waals surface area contributed by atoms with Crippen molar-refractivity contribution in [2.75, 3.05) is 35.2 Å². The van der Waals surface area contributed by atoms with Gasteiger partial charge in [-0.15, -0.1) is 0 Å². The van der Waals surface area contributed by atoms with Gasteiger partial charge in [0.2, 0.25) is 5.91 Å². The molecule has 2 aromatic carbocycles. The van der Waals surface area contributed by atoms with E-state index in [0.29, 0.717) is 5.69 Å². The molecule has 0 saturated heterocycles. The molecule has 1 heterocycles. The highest BCUT2D eigenvalue weighted by Gasteiger charge is 2.35. The van der Waals surface area contributed by atoms with Gasteiger partial charge in [-0.2, -0.15) is 13.2 Å². The number of nitrogens with zero attached hydrogens (tertiary/aromatic N) is 1. The van der Waals surface area contributed by atoms with E-state index in [1.807, 2.05) is 0 Å². The van der Waals surface area contributed by atoms with Crippen molar-refractivity contribution in [3.05, 3.63) is 53.6 Å². The molecule has 3 rings (SSSR count). The summed E-state index contributed by atoms with van der Waals surface area (Å²) < 4.78 is 44.2. The van der Waals surface area contributed by atoms with Crippen LogP contribution in [-0.2, 0) is 20.5 Å². The van der Waals surface area contributed by atoms with Crippen molar-refractivity contribution in [3.8, 4) is 0 Å². The summed E-state index contributed by atoms with van der Waals surface area (Å²) in [5.74, 6) is -2.27. The molecule has 1 atom stereocenters. The number of benzene rings is 2. The van der Waals surface area contributed by atoms with E-state index in [9.17, 15) is 27.6 Å². The van der Waals surface area contributed by atoms with Crippen molar-refractivity contribution in [3.63, 3.8) is 0 Å². The van der Waals surface area contributed by atoms with Crippen LogP contribution in [-0.4, -0.2) is 48.7 Å². The number of aliphatic hydroxyl groups is 1. The standard InChI is InChI=1S/C21H20F3N3O5/c1-12(32-20(31)14-4-2-3-5-15(14)25-8-9-28)19(30)27-11-18(29)26-16-10-13(21(22,23)24)6-7-17(16)27/h2-7,10,12,25,28H,8-9,11H2,1H3,(H,26,29). The fourth-order valence-corrected chi connectivity index (χ4v) is 3.16. The first-order chi connectivity index (χ1) is 15.1. The average molecular weight is 451 g/mol. The first-order valence-electron chi connectivity index (χ1n) is 9.59. The molecule has 0 radical (unpaired) electrons. The van der Waals surface area contributed by atoms with Gasteiger partial charge in [-0.25, -0.2) is 4.79 Å². The summed E-state index contributed by atoms with van der Waals surface area (Å²) in [6.45, 7) is 0.900. The molecule has 0 aromatic heterocycles. The molecular formula is C21H20F3N3O5. The molecule has 1 aliphatic rings. The predicted molar refractivity (Wildman–Crippen MR) is 109 cm³/mol. The van der Waals surface area contributed by atoms with Gasteiger partial charge in [0.25, 0.3) is 5.91 Å². The fraction of sp³-hybridized carbons (Fsp3) is 0.286. The Hall–Kier alpha value is -3.60. The summed E-state index contributed by atoms with van der Waals surface area (Å²) >= 11 is 0. The molecular weight excluding hydrogens is 431 g/mol. The lowest BCUT2D eigenvalue weighted by molar-refractivity contribution is -0.137. The van der Waals surface area contributed by atoms with Gasteiger partial charge in [0, 0.05) is 12.2 Å². The van der Waals surface area contributed by atoms with Crippen LogP contribution in [0.3, 0.4) is 0 Å². The van der Waals surface area contributed by atoms with Gasteiger partial charge in [-0.3, -0.25) is 14.5 Å². The number of halogens is 3. The van der Waals surface area contributed by atoms with Gasteiger partial charge >= 0.3 is 12.1 Å². The van der Waals surface area contributed by atoms with E-state index in [4.69, 9.17) is 9.84 Å². The van der Waals surface area contributed by atoms with E-state index in [1.165, 1.54) is 13.0 Å². The largest absolute Gasteiger partial charge is 0.449 e. The van der Waals surface area contributed by atoms with Crippen LogP contribution in [0.5, 0.6) is 0 Å². The number of para-hydroxylation sites is 1. The minimum Gasteiger partial charge on any atom is -0.449 e. The lowest BCUT2D eigenvalue weighted by atomic mass is 10.1. The number of aliphatic hydroxyl groups excluding tert-OH is 1. The van der Waals surface area contributed by atoms with Gasteiger partial charge in [0.05, 0.1) is 29.1 Å². The summed E-state index contributed by atoms with van der Waals surface area (Å²) in [4.78, 5) is 38.5. The SMILES string of the molecule is CC(OC(=O)c1ccccc1NCCO)C(=O)N1CC(=O)Nc2cc(C(F)(F)F)ccc21. The second kappa shape index (κ2) is 9.27. The Kier molecular flexibility index (Phi) is 6.68. The second-order valence-electron chi connectivity index (χ2n) is 6.95. The number of fused-ring (bicyclic) bond motifs is 1. The van der Waals surface area contributed by atoms with Crippen molar-refractivity contribution in [2.24, 2.45) is 0 Å². The molecule has 11 heteroatoms. The van der Waals surface area contributed by atoms with Crippen LogP contribution in [0.1, 0.15) is 22.8 Å². The quantitative estimate of drug-likeness (QED) is 0.583. The maximum atomic E-state index is 13.0. The number of hydrogen-bond donors (Lipinski definition) is 3. The minimum atomic E-state index is -4.62. The van der Waals surface area contributed by atoms with Gasteiger partial charge in [-0.05, 0) is 37.3 Å². The van der Waals surface area contributed by atoms with Crippen molar-refractivity contribution in [1.29, 1.82) is 0 Å². The summed E-state index contributed by atoms with van der Waals surface area (Å²) in [5, 5.41) is 14.1. The number of anilines is 3. The molecule has 0 saturated carbocycles. The van der Waals surface area contributed by atoms with Crippen LogP contribution in [0.15, 0.2) is 42.5 Å². The Morgan fingerprint density at radius 1 is 1.25 bits per heavy atom. The molecule has 1 unspecified atom stereocenters. The van der Waals surface area contributed by atoms with E-state index in [1.54, 1.807) is 18.2 Å². The third-order valence-corrected chi connectivity index (χ3v) is 4.66. The Morgan fingerprint density at radius 3 is 2.66 bits per heavy atom. The van der Waals surface area contributed by atoms with Crippen molar-refractivity contribution < 1.29 is 37.4 Å². The fourth-order valence-electron chi connectivity index (χ4n) is 3.16. The van der Waals surface area contributed by atoms with E-state index in [2.05, 4.69) is 10.6 Å². The van der Waals surface area contributed by atoms with Gasteiger partial charge in [-0.1, -0.05) is 12.1 Å². The second-order valence-corrected chi connectivity index (χ2v) is 6.95. The van der Waals surface area contributed by atoms with Crippen molar-refractivity contribution in [2.45, 2.75) is 19.2 Å². The van der Waals surface area contributed by atoms with Crippen molar-refractivity contribution in [1.82, 2.24) is 0 Å². The van der Waals surface area contributed by atoms with Gasteiger partial charge in [0.1, 0.15) is 6.54 Å². The summed E-state index contributed by atoms with van der Waals surface area (Å²) in [7, 11) is 0. The molecule has 0 fully saturated rings. The van der Waals surface area contributed by atoms with E-state index < -0.39 is 42.2 Å². The Balaban J connectivity index is 1.80. The number of hydrogen-bond acceptors (Lipinski definition) is 6. The Morgan fingerprint density at radius 2 is 1.97 bits per heavy atom. The maximum absolute atomic E-state index is 13.0. The topological polar surface area (TPSA) is 108 Å². The maximum Gasteiger partial charge on any atom is 0.416 e. The average Bonchev–Trinajstić information content (AvgIpc) is 2.75. The van der Waals surface area contributed by atoms with Gasteiger partial charge < -0.3 is 20.5 Å². The number of alkyl halides is 3. The zero-order valence-corrected chi connectivity index (χ0v) is 16.9. The van der Waals surface area contributed by atoms with E-state index in [0.717, 1.165) is 23.1 Å². The molecule has 2 amide bonds. The van der Waals surface area contributed by atoms with Crippen LogP contribution in [0, 0.1) is 0 Å². The first-order valence-corrected chi connectivity index (χ1v) is 9.59. The molecule has 1 aliphatic heterocycles. The molecule has 0 bridgehead atoms. The molecule has 0 aliphatic carbocycles. The van der Waals surface area contributed by atoms with Crippen LogP contribution >= 0.6 is 0 Å². The summed E-state index contributed by atoms with van der Waals surface area (Å²) in [6, 6.07) is 8.96. The zero-order chi connectivity index (χ0) is 23.5. The predicted octanol–water partition coefficient (Wildman–Crippen LogP) is 2.64. The molecule has 32 heavy (non-hydrogen) atoms. The van der Waals surface area contributed by atoms with Crippen molar-refractivity contribution >= 4 is 34.8 Å². The van der Waals surface area contributed by atoms with Crippen LogP contribution in [0.2, 0.25) is 0 Å². The number of esters is 1. The van der Waals surface area contributed by atoms with Crippen LogP contribution < -0.4 is 15.5 Å². The molecule has 3 N–H and O–H groups in total. The monoisotopic (exact) mass is 451 g/mol. The highest BCUT2D eigenvalue weighted by Crippen LogP contribution is 2.37. The lowest BCUT2D eigenvalue weighted by Crippen LogP contribution is -2.47. The number of rotatable bonds is 6. The number of carbonyl (C=O) groups is 3. The zero-order valence-electron chi connectivity index (χ0n) is 16.9. The van der Waals surface area contributed by atoms with Gasteiger partial charge in [0.15, 0.2) is 6.10 Å². The number of nitrogens with one attached hydrogen (secondary N) is 2. The highest BCUT2D eigenvalue weighted by molar-refractivity contribution is 6.11. The third-order valence-electron chi connectivity index (χ3n) is 4.66. The summed E-state index contributed by atoms with van der Waals surface area (Å²) in [6.07, 6.45) is -5.94. The van der Waals surface area contributed by atoms with Crippen LogP contribution in [0.4, 0.5) is 30.2 Å².